The topological polar surface area (TPSA) is 69.1 Å². The summed E-state index contributed by atoms with van der Waals surface area (Å²) < 4.78 is 40.2. The zero-order valence-corrected chi connectivity index (χ0v) is 13.0. The van der Waals surface area contributed by atoms with Crippen molar-refractivity contribution in [2.45, 2.75) is 13.1 Å². The van der Waals surface area contributed by atoms with Crippen LogP contribution in [0.4, 0.5) is 18.9 Å². The van der Waals surface area contributed by atoms with E-state index in [0.29, 0.717) is 28.3 Å². The second kappa shape index (κ2) is 5.17. The molecule has 0 spiro atoms. The summed E-state index contributed by atoms with van der Waals surface area (Å²) in [4.78, 5) is 4.13. The third-order valence-electron chi connectivity index (χ3n) is 4.15. The number of aryl methyl sites for hydroxylation is 1. The number of anilines is 1. The van der Waals surface area contributed by atoms with E-state index >= 15 is 0 Å². The molecule has 4 rings (SSSR count). The number of fused-ring (bicyclic) bond motifs is 3. The number of nitrogens with two attached hydrogens (primary N) is 1. The predicted octanol–water partition coefficient (Wildman–Crippen LogP) is 3.85. The van der Waals surface area contributed by atoms with Gasteiger partial charge < -0.3 is 5.73 Å². The number of pyridine rings is 2. The van der Waals surface area contributed by atoms with Gasteiger partial charge in [-0.25, -0.2) is 0 Å². The summed E-state index contributed by atoms with van der Waals surface area (Å²) in [5.41, 5.74) is 8.32. The second-order valence-corrected chi connectivity index (χ2v) is 5.66. The van der Waals surface area contributed by atoms with Crippen molar-refractivity contribution >= 4 is 22.2 Å². The number of nitrogen functional groups attached to an aromatic ring is 1. The molecule has 1 aromatic carbocycles. The maximum Gasteiger partial charge on any atom is 0.416 e. The van der Waals surface area contributed by atoms with E-state index in [1.54, 1.807) is 29.8 Å². The van der Waals surface area contributed by atoms with E-state index in [9.17, 15) is 13.2 Å². The fourth-order valence-corrected chi connectivity index (χ4v) is 2.99. The van der Waals surface area contributed by atoms with Crippen LogP contribution in [0.3, 0.4) is 0 Å². The van der Waals surface area contributed by atoms with Gasteiger partial charge in [-0.15, -0.1) is 10.2 Å². The molecule has 0 saturated carbocycles. The van der Waals surface area contributed by atoms with Crippen molar-refractivity contribution in [3.8, 4) is 11.1 Å². The lowest BCUT2D eigenvalue weighted by molar-refractivity contribution is -0.137. The van der Waals surface area contributed by atoms with E-state index in [-0.39, 0.29) is 0 Å². The highest BCUT2D eigenvalue weighted by Gasteiger charge is 2.30. The van der Waals surface area contributed by atoms with Gasteiger partial charge in [0.2, 0.25) is 0 Å². The molecule has 0 aliphatic carbocycles. The molecule has 25 heavy (non-hydrogen) atoms. The van der Waals surface area contributed by atoms with Gasteiger partial charge >= 0.3 is 6.18 Å². The summed E-state index contributed by atoms with van der Waals surface area (Å²) in [7, 11) is 0. The number of halogens is 3. The number of benzene rings is 1. The Balaban J connectivity index is 2.05. The molecule has 0 bridgehead atoms. The van der Waals surface area contributed by atoms with Gasteiger partial charge in [0.1, 0.15) is 5.82 Å². The predicted molar refractivity (Wildman–Crippen MR) is 87.9 cm³/mol. The van der Waals surface area contributed by atoms with Crippen molar-refractivity contribution in [1.82, 2.24) is 19.6 Å². The normalized spacial score (nSPS) is 12.2. The molecule has 0 aliphatic heterocycles. The molecule has 0 atom stereocenters. The lowest BCUT2D eigenvalue weighted by Gasteiger charge is -2.14. The van der Waals surface area contributed by atoms with E-state index in [0.717, 1.165) is 23.0 Å². The van der Waals surface area contributed by atoms with Crippen LogP contribution in [-0.2, 0) is 6.18 Å². The average molecular weight is 343 g/mol. The maximum atomic E-state index is 12.8. The van der Waals surface area contributed by atoms with Crippen LogP contribution in [0.1, 0.15) is 11.4 Å². The van der Waals surface area contributed by atoms with Gasteiger partial charge in [-0.2, -0.15) is 13.2 Å². The van der Waals surface area contributed by atoms with Crippen LogP contribution in [0.15, 0.2) is 42.7 Å². The Morgan fingerprint density at radius 1 is 1.04 bits per heavy atom. The van der Waals surface area contributed by atoms with Crippen molar-refractivity contribution < 1.29 is 13.2 Å². The molecule has 0 saturated heterocycles. The molecule has 5 nitrogen and oxygen atoms in total. The van der Waals surface area contributed by atoms with Gasteiger partial charge in [0.05, 0.1) is 23.0 Å². The molecule has 0 fully saturated rings. The van der Waals surface area contributed by atoms with E-state index < -0.39 is 11.7 Å². The Morgan fingerprint density at radius 3 is 2.44 bits per heavy atom. The Hall–Kier alpha value is -3.16. The molecule has 0 aliphatic rings. The van der Waals surface area contributed by atoms with E-state index in [1.165, 1.54) is 12.1 Å². The number of hydrogen-bond donors (Lipinski definition) is 1. The van der Waals surface area contributed by atoms with Crippen LogP contribution in [0, 0.1) is 6.92 Å². The molecule has 2 N–H and O–H groups in total. The zero-order chi connectivity index (χ0) is 17.8. The van der Waals surface area contributed by atoms with Crippen molar-refractivity contribution in [2.24, 2.45) is 0 Å². The van der Waals surface area contributed by atoms with Crippen molar-refractivity contribution in [3.05, 3.63) is 54.1 Å². The molecular formula is C17H12F3N5. The molecular weight excluding hydrogens is 331 g/mol. The fraction of sp³-hybridized carbons (Fsp3) is 0.118. The van der Waals surface area contributed by atoms with Crippen LogP contribution >= 0.6 is 0 Å². The van der Waals surface area contributed by atoms with Gasteiger partial charge in [-0.3, -0.25) is 9.38 Å². The smallest absolute Gasteiger partial charge is 0.395 e. The summed E-state index contributed by atoms with van der Waals surface area (Å²) in [6.45, 7) is 1.80. The Bertz CT molecular complexity index is 1100. The van der Waals surface area contributed by atoms with Crippen LogP contribution in [0.2, 0.25) is 0 Å². The third-order valence-corrected chi connectivity index (χ3v) is 4.15. The minimum atomic E-state index is -4.38. The van der Waals surface area contributed by atoms with Gasteiger partial charge in [0.15, 0.2) is 5.65 Å². The quantitative estimate of drug-likeness (QED) is 0.570. The maximum absolute atomic E-state index is 12.8. The lowest BCUT2D eigenvalue weighted by Crippen LogP contribution is -2.04. The Labute approximate surface area is 139 Å². The molecule has 0 unspecified atom stereocenters. The lowest BCUT2D eigenvalue weighted by atomic mass is 9.99. The first-order chi connectivity index (χ1) is 11.9. The summed E-state index contributed by atoms with van der Waals surface area (Å²) in [6, 6.07) is 6.68. The molecule has 8 heteroatoms. The van der Waals surface area contributed by atoms with Crippen LogP contribution in [-0.4, -0.2) is 19.6 Å². The van der Waals surface area contributed by atoms with E-state index in [2.05, 4.69) is 15.2 Å². The zero-order valence-electron chi connectivity index (χ0n) is 13.0. The Kier molecular flexibility index (Phi) is 3.18. The largest absolute Gasteiger partial charge is 0.416 e. The molecule has 3 aromatic heterocycles. The first-order valence-corrected chi connectivity index (χ1v) is 7.42. The highest BCUT2D eigenvalue weighted by Crippen LogP contribution is 2.38. The first kappa shape index (κ1) is 15.4. The summed E-state index contributed by atoms with van der Waals surface area (Å²) in [6.07, 6.45) is -1.11. The Morgan fingerprint density at radius 2 is 1.76 bits per heavy atom. The standard InChI is InChI=1S/C17H12F3N5/c1-9-23-24-16-15(21)14(12-6-7-22-8-13(12)25(9)16)10-2-4-11(5-3-10)17(18,19)20/h2-8H,21H2,1H3. The molecule has 0 radical (unpaired) electrons. The van der Waals surface area contributed by atoms with Gasteiger partial charge in [-0.1, -0.05) is 12.1 Å². The van der Waals surface area contributed by atoms with Crippen LogP contribution < -0.4 is 5.73 Å². The van der Waals surface area contributed by atoms with E-state index in [4.69, 9.17) is 5.73 Å². The van der Waals surface area contributed by atoms with Crippen LogP contribution in [0.5, 0.6) is 0 Å². The number of aromatic nitrogens is 4. The molecule has 3 heterocycles. The highest BCUT2D eigenvalue weighted by atomic mass is 19.4. The average Bonchev–Trinajstić information content (AvgIpc) is 2.97. The summed E-state index contributed by atoms with van der Waals surface area (Å²) in [5, 5.41) is 8.90. The van der Waals surface area contributed by atoms with Crippen molar-refractivity contribution in [1.29, 1.82) is 0 Å². The fourth-order valence-electron chi connectivity index (χ4n) is 2.99. The number of nitrogens with zero attached hydrogens (tertiary/aromatic N) is 4. The van der Waals surface area contributed by atoms with Crippen LogP contribution in [0.25, 0.3) is 27.7 Å². The third kappa shape index (κ3) is 2.29. The molecule has 0 amide bonds. The van der Waals surface area contributed by atoms with Gasteiger partial charge in [-0.05, 0) is 30.7 Å². The minimum absolute atomic E-state index is 0.360. The number of rotatable bonds is 1. The summed E-state index contributed by atoms with van der Waals surface area (Å²) in [5.74, 6) is 0.652. The number of hydrogen-bond acceptors (Lipinski definition) is 4. The summed E-state index contributed by atoms with van der Waals surface area (Å²) >= 11 is 0. The molecule has 4 aromatic rings. The van der Waals surface area contributed by atoms with Gasteiger partial charge in [0, 0.05) is 17.1 Å². The van der Waals surface area contributed by atoms with Crippen molar-refractivity contribution in [2.75, 3.05) is 5.73 Å². The minimum Gasteiger partial charge on any atom is -0.395 e. The highest BCUT2D eigenvalue weighted by molar-refractivity contribution is 6.04. The monoisotopic (exact) mass is 343 g/mol. The van der Waals surface area contributed by atoms with Gasteiger partial charge in [0.25, 0.3) is 0 Å². The number of alkyl halides is 3. The SMILES string of the molecule is Cc1nnc2c(N)c(-c3ccc(C(F)(F)F)cc3)c3ccncc3n12. The van der Waals surface area contributed by atoms with E-state index in [1.807, 2.05) is 0 Å². The first-order valence-electron chi connectivity index (χ1n) is 7.42. The van der Waals surface area contributed by atoms with Crippen molar-refractivity contribution in [3.63, 3.8) is 0 Å². The molecule has 126 valence electrons. The second-order valence-electron chi connectivity index (χ2n) is 5.66.